The van der Waals surface area contributed by atoms with E-state index in [-0.39, 0.29) is 11.8 Å². The number of nitrogens with zero attached hydrogens (tertiary/aromatic N) is 1. The van der Waals surface area contributed by atoms with Crippen LogP contribution in [0.15, 0.2) is 21.3 Å². The third-order valence-corrected chi connectivity index (χ3v) is 3.69. The quantitative estimate of drug-likeness (QED) is 0.915. The van der Waals surface area contributed by atoms with Crippen LogP contribution in [-0.2, 0) is 0 Å². The summed E-state index contributed by atoms with van der Waals surface area (Å²) >= 11 is 3.50. The Morgan fingerprint density at radius 2 is 1.85 bits per heavy atom. The Morgan fingerprint density at radius 1 is 1.20 bits per heavy atom. The van der Waals surface area contributed by atoms with Crippen molar-refractivity contribution in [2.45, 2.75) is 19.8 Å². The van der Waals surface area contributed by atoms with E-state index in [0.29, 0.717) is 11.5 Å². The molecular formula is C14H17BrN2O3. The Bertz CT molecular complexity index is 623. The molecule has 0 aliphatic rings. The van der Waals surface area contributed by atoms with Gasteiger partial charge in [0.05, 0.1) is 30.5 Å². The van der Waals surface area contributed by atoms with Gasteiger partial charge in [-0.1, -0.05) is 19.0 Å². The summed E-state index contributed by atoms with van der Waals surface area (Å²) < 4.78 is 16.7. The molecule has 20 heavy (non-hydrogen) atoms. The zero-order valence-corrected chi connectivity index (χ0v) is 13.4. The smallest absolute Gasteiger partial charge is 0.229 e. The van der Waals surface area contributed by atoms with Gasteiger partial charge in [-0.25, -0.2) is 0 Å². The highest BCUT2D eigenvalue weighted by Crippen LogP contribution is 2.47. The molecule has 0 saturated heterocycles. The van der Waals surface area contributed by atoms with Crippen LogP contribution < -0.4 is 15.2 Å². The number of ether oxygens (including phenoxy) is 2. The van der Waals surface area contributed by atoms with Crippen LogP contribution in [0.1, 0.15) is 25.3 Å². The molecule has 0 fully saturated rings. The molecule has 5 nitrogen and oxygen atoms in total. The van der Waals surface area contributed by atoms with Crippen LogP contribution in [0.4, 0.5) is 5.88 Å². The molecular weight excluding hydrogens is 324 g/mol. The van der Waals surface area contributed by atoms with Crippen LogP contribution in [-0.4, -0.2) is 19.4 Å². The van der Waals surface area contributed by atoms with E-state index in [0.717, 1.165) is 21.2 Å². The summed E-state index contributed by atoms with van der Waals surface area (Å²) in [5, 5.41) is 3.74. The average Bonchev–Trinajstić information content (AvgIpc) is 2.82. The van der Waals surface area contributed by atoms with Gasteiger partial charge in [-0.2, -0.15) is 0 Å². The molecule has 2 rings (SSSR count). The van der Waals surface area contributed by atoms with Crippen molar-refractivity contribution in [3.8, 4) is 22.6 Å². The van der Waals surface area contributed by atoms with E-state index >= 15 is 0 Å². The lowest BCUT2D eigenvalue weighted by atomic mass is 9.92. The highest BCUT2D eigenvalue weighted by Gasteiger charge is 2.23. The van der Waals surface area contributed by atoms with Gasteiger partial charge < -0.3 is 19.7 Å². The Kier molecular flexibility index (Phi) is 4.23. The molecule has 108 valence electrons. The lowest BCUT2D eigenvalue weighted by Crippen LogP contribution is -2.02. The van der Waals surface area contributed by atoms with E-state index in [2.05, 4.69) is 34.9 Å². The lowest BCUT2D eigenvalue weighted by Gasteiger charge is -2.20. The highest BCUT2D eigenvalue weighted by molar-refractivity contribution is 9.10. The Balaban J connectivity index is 2.81. The van der Waals surface area contributed by atoms with Crippen molar-refractivity contribution in [2.24, 2.45) is 0 Å². The molecule has 1 aromatic carbocycles. The molecule has 2 aromatic rings. The first-order chi connectivity index (χ1) is 9.51. The predicted molar refractivity (Wildman–Crippen MR) is 81.2 cm³/mol. The van der Waals surface area contributed by atoms with Crippen molar-refractivity contribution in [3.63, 3.8) is 0 Å². The number of hydrogen-bond donors (Lipinski definition) is 1. The van der Waals surface area contributed by atoms with Crippen LogP contribution in [0, 0.1) is 0 Å². The van der Waals surface area contributed by atoms with E-state index < -0.39 is 0 Å². The SMILES string of the molecule is COc1c(Br)cc(-c2cnoc2N)c(C(C)C)c1OC. The van der Waals surface area contributed by atoms with Gasteiger partial charge in [-0.15, -0.1) is 0 Å². The van der Waals surface area contributed by atoms with Gasteiger partial charge in [-0.05, 0) is 33.5 Å². The monoisotopic (exact) mass is 340 g/mol. The van der Waals surface area contributed by atoms with Gasteiger partial charge in [0.15, 0.2) is 11.5 Å². The molecule has 0 spiro atoms. The molecule has 0 aliphatic carbocycles. The summed E-state index contributed by atoms with van der Waals surface area (Å²) in [5.74, 6) is 1.85. The number of hydrogen-bond acceptors (Lipinski definition) is 5. The second kappa shape index (κ2) is 5.75. The largest absolute Gasteiger partial charge is 0.492 e. The fraction of sp³-hybridized carbons (Fsp3) is 0.357. The van der Waals surface area contributed by atoms with Crippen LogP contribution in [0.2, 0.25) is 0 Å². The number of nitrogens with two attached hydrogens (primary N) is 1. The van der Waals surface area contributed by atoms with Crippen LogP contribution in [0.3, 0.4) is 0 Å². The first-order valence-electron chi connectivity index (χ1n) is 6.16. The van der Waals surface area contributed by atoms with Gasteiger partial charge in [0.2, 0.25) is 5.88 Å². The van der Waals surface area contributed by atoms with Gasteiger partial charge in [0, 0.05) is 5.56 Å². The van der Waals surface area contributed by atoms with E-state index in [1.807, 2.05) is 6.07 Å². The second-order valence-electron chi connectivity index (χ2n) is 4.64. The summed E-state index contributed by atoms with van der Waals surface area (Å²) in [6.07, 6.45) is 1.61. The van der Waals surface area contributed by atoms with Crippen molar-refractivity contribution in [1.82, 2.24) is 5.16 Å². The molecule has 6 heteroatoms. The zero-order valence-electron chi connectivity index (χ0n) is 11.9. The Hall–Kier alpha value is -1.69. The topological polar surface area (TPSA) is 70.5 Å². The van der Waals surface area contributed by atoms with Gasteiger partial charge in [0.1, 0.15) is 0 Å². The van der Waals surface area contributed by atoms with E-state index in [9.17, 15) is 0 Å². The predicted octanol–water partition coefficient (Wildman–Crippen LogP) is 3.83. The minimum atomic E-state index is 0.219. The zero-order chi connectivity index (χ0) is 14.9. The molecule has 0 unspecified atom stereocenters. The summed E-state index contributed by atoms with van der Waals surface area (Å²) in [6.45, 7) is 4.16. The van der Waals surface area contributed by atoms with Crippen molar-refractivity contribution >= 4 is 21.8 Å². The van der Waals surface area contributed by atoms with E-state index in [1.165, 1.54) is 0 Å². The minimum Gasteiger partial charge on any atom is -0.492 e. The summed E-state index contributed by atoms with van der Waals surface area (Å²) in [4.78, 5) is 0. The van der Waals surface area contributed by atoms with Crippen LogP contribution in [0.25, 0.3) is 11.1 Å². The first kappa shape index (κ1) is 14.7. The van der Waals surface area contributed by atoms with Crippen molar-refractivity contribution in [1.29, 1.82) is 0 Å². The summed E-state index contributed by atoms with van der Waals surface area (Å²) in [7, 11) is 3.23. The molecule has 2 N–H and O–H groups in total. The van der Waals surface area contributed by atoms with Gasteiger partial charge in [0.25, 0.3) is 0 Å². The number of nitrogen functional groups attached to an aromatic ring is 1. The highest BCUT2D eigenvalue weighted by atomic mass is 79.9. The third-order valence-electron chi connectivity index (χ3n) is 3.10. The standard InChI is InChI=1S/C14H17BrN2O3/c1-7(2)11-8(9-6-17-20-14(9)16)5-10(15)12(18-3)13(11)19-4/h5-7H,16H2,1-4H3. The van der Waals surface area contributed by atoms with Gasteiger partial charge >= 0.3 is 0 Å². The van der Waals surface area contributed by atoms with Crippen molar-refractivity contribution < 1.29 is 14.0 Å². The molecule has 0 bridgehead atoms. The maximum absolute atomic E-state index is 5.84. The number of rotatable bonds is 4. The summed E-state index contributed by atoms with van der Waals surface area (Å²) in [5.41, 5.74) is 8.50. The molecule has 1 heterocycles. The normalized spacial score (nSPS) is 10.9. The molecule has 0 radical (unpaired) electrons. The first-order valence-corrected chi connectivity index (χ1v) is 6.95. The maximum Gasteiger partial charge on any atom is 0.229 e. The van der Waals surface area contributed by atoms with Crippen molar-refractivity contribution in [2.75, 3.05) is 20.0 Å². The fourth-order valence-electron chi connectivity index (χ4n) is 2.26. The third kappa shape index (κ3) is 2.35. The molecule has 1 aromatic heterocycles. The summed E-state index contributed by atoms with van der Waals surface area (Å²) in [6, 6.07) is 1.94. The second-order valence-corrected chi connectivity index (χ2v) is 5.50. The number of benzene rings is 1. The Morgan fingerprint density at radius 3 is 2.30 bits per heavy atom. The number of methoxy groups -OCH3 is 2. The lowest BCUT2D eigenvalue weighted by molar-refractivity contribution is 0.349. The Labute approximate surface area is 126 Å². The molecule has 0 atom stereocenters. The van der Waals surface area contributed by atoms with Crippen LogP contribution >= 0.6 is 15.9 Å². The van der Waals surface area contributed by atoms with Gasteiger partial charge in [-0.3, -0.25) is 0 Å². The van der Waals surface area contributed by atoms with E-state index in [4.69, 9.17) is 19.7 Å². The number of anilines is 1. The minimum absolute atomic E-state index is 0.219. The van der Waals surface area contributed by atoms with Crippen LogP contribution in [0.5, 0.6) is 11.5 Å². The average molecular weight is 341 g/mol. The van der Waals surface area contributed by atoms with E-state index in [1.54, 1.807) is 20.4 Å². The number of aromatic nitrogens is 1. The number of halogens is 1. The molecule has 0 aliphatic heterocycles. The maximum atomic E-state index is 5.84. The van der Waals surface area contributed by atoms with Crippen molar-refractivity contribution in [3.05, 3.63) is 22.3 Å². The molecule has 0 saturated carbocycles. The fourth-order valence-corrected chi connectivity index (χ4v) is 2.83. The molecule has 0 amide bonds.